The number of ketones is 1. The largest absolute Gasteiger partial charge is 2.00 e. The molecule has 0 saturated carbocycles. The zero-order valence-electron chi connectivity index (χ0n) is 73.3. The Morgan fingerprint density at radius 1 is 0.535 bits per heavy atom. The number of aliphatic hydroxyl groups excluding tert-OH is 1. The van der Waals surface area contributed by atoms with Gasteiger partial charge >= 0.3 is 97.8 Å². The van der Waals surface area contributed by atoms with Crippen LogP contribution in [0.15, 0.2) is 72.8 Å². The van der Waals surface area contributed by atoms with E-state index in [0.717, 1.165) is 66.7 Å². The SMILES string of the molecule is C.CCC[C@@H](NC(=O)C1C[N-]C[C@@H]1OC(=O)N1CCc2ccccc2C1)C(=O)C(=O)N1CC1C(=O)OC.CCC[C@@H](NC(=O)C1C[N-]C[C@@H]1OC(=O)N1CCc2ccccc2C1)C(O)C(=O)N1CC1C(=O)OC.CCC[C@@H](NC(=O)C1C[N-]C[C@@H]1OC(=O)N1CCc2ccccc2C1)C(OC1OCCCC1CC)C(=O)O.COC(=O)C1CN1.ClCCl.[CH3-].[CH3-].[CH3-].[V+2].[V+2].[V+2]. The second-order valence-corrected chi connectivity index (χ2v) is 31.5. The van der Waals surface area contributed by atoms with Crippen LogP contribution >= 0.6 is 23.2 Å². The van der Waals surface area contributed by atoms with Crippen LogP contribution in [0.5, 0.6) is 0 Å². The van der Waals surface area contributed by atoms with E-state index >= 15 is 0 Å². The van der Waals surface area contributed by atoms with Crippen LogP contribution < -0.4 is 21.3 Å². The van der Waals surface area contributed by atoms with E-state index in [1.54, 1.807) is 14.7 Å². The summed E-state index contributed by atoms with van der Waals surface area (Å²) >= 11 is 9.53. The van der Waals surface area contributed by atoms with E-state index in [4.69, 9.17) is 46.9 Å². The first-order valence-corrected chi connectivity index (χ1v) is 42.2. The van der Waals surface area contributed by atoms with Crippen molar-refractivity contribution in [3.05, 3.63) is 144 Å². The van der Waals surface area contributed by atoms with Crippen LogP contribution in [0.1, 0.15) is 126 Å². The molecule has 10 aliphatic heterocycles. The van der Waals surface area contributed by atoms with Crippen molar-refractivity contribution in [3.63, 3.8) is 0 Å². The Morgan fingerprint density at radius 3 is 1.28 bits per heavy atom. The molecule has 3 radical (unpaired) electrons. The Balaban J connectivity index is 0.000000594. The number of Topliss-reactive ketones (excluding diaryl/α,β-unsaturated/α-hetero) is 1. The number of ether oxygens (including phenoxy) is 8. The third kappa shape index (κ3) is 32.7. The second kappa shape index (κ2) is 57.6. The fourth-order valence-electron chi connectivity index (χ4n) is 15.3. The third-order valence-electron chi connectivity index (χ3n) is 22.5. The molecule has 10 unspecified atom stereocenters. The van der Waals surface area contributed by atoms with Gasteiger partial charge in [0.15, 0.2) is 18.5 Å². The van der Waals surface area contributed by atoms with Gasteiger partial charge in [-0.25, -0.2) is 28.8 Å². The van der Waals surface area contributed by atoms with Crippen molar-refractivity contribution in [1.29, 1.82) is 0 Å². The van der Waals surface area contributed by atoms with E-state index in [0.29, 0.717) is 78.0 Å². The monoisotopic (exact) mass is 1930 g/mol. The number of esters is 3. The molecule has 8 amide bonds. The van der Waals surface area contributed by atoms with E-state index in [-0.39, 0.29) is 173 Å². The summed E-state index contributed by atoms with van der Waals surface area (Å²) in [5, 5.41) is 44.8. The van der Waals surface area contributed by atoms with Crippen molar-refractivity contribution in [3.8, 4) is 0 Å². The molecule has 35 nitrogen and oxygen atoms in total. The summed E-state index contributed by atoms with van der Waals surface area (Å²) in [5.41, 5.74) is 6.88. The Morgan fingerprint density at radius 2 is 0.906 bits per heavy atom. The minimum absolute atomic E-state index is 0. The van der Waals surface area contributed by atoms with Gasteiger partial charge in [-0.1, -0.05) is 127 Å². The molecule has 701 valence electrons. The van der Waals surface area contributed by atoms with Gasteiger partial charge in [-0.3, -0.25) is 33.6 Å². The summed E-state index contributed by atoms with van der Waals surface area (Å²) < 4.78 is 42.5. The number of aliphatic carboxylic acids is 1. The number of amides is 8. The number of halogens is 2. The molecular formula is C87H126Cl2N12O23V3. The second-order valence-electron chi connectivity index (χ2n) is 30.7. The van der Waals surface area contributed by atoms with Crippen LogP contribution in [0.4, 0.5) is 14.4 Å². The summed E-state index contributed by atoms with van der Waals surface area (Å²) in [6.45, 7) is 13.4. The fourth-order valence-corrected chi connectivity index (χ4v) is 15.3. The summed E-state index contributed by atoms with van der Waals surface area (Å²) in [6.07, 6.45) is 0.746. The Kier molecular flexibility index (Phi) is 52.3. The molecule has 13 rings (SSSR count). The number of carboxylic acid groups (broad SMARTS) is 1. The smallest absolute Gasteiger partial charge is 0.659 e. The molecular weight excluding hydrogens is 1800 g/mol. The van der Waals surface area contributed by atoms with Crippen LogP contribution in [0.25, 0.3) is 16.0 Å². The number of nitrogens with zero attached hydrogens (tertiary/aromatic N) is 8. The average Bonchev–Trinajstić information content (AvgIpc) is 1.64. The molecule has 10 heterocycles. The van der Waals surface area contributed by atoms with Crippen molar-refractivity contribution in [1.82, 2.24) is 45.8 Å². The molecule has 7 fully saturated rings. The molecule has 40 heteroatoms. The molecule has 127 heavy (non-hydrogen) atoms. The Bertz CT molecular complexity index is 4060. The number of carboxylic acids is 1. The number of fused-ring (bicyclic) bond motifs is 3. The first-order chi connectivity index (χ1) is 57.8. The van der Waals surface area contributed by atoms with Gasteiger partial charge in [0.05, 0.1) is 93.9 Å². The van der Waals surface area contributed by atoms with Gasteiger partial charge in [-0.2, -0.15) is 0 Å². The molecule has 0 aliphatic carbocycles. The normalized spacial score (nSPS) is 23.1. The maximum atomic E-state index is 13.3. The average molecular weight is 1930 g/mol. The fraction of sp³-hybridized carbons (Fsp3) is 0.609. The van der Waals surface area contributed by atoms with Crippen LogP contribution in [-0.2, 0) is 180 Å². The third-order valence-corrected chi connectivity index (χ3v) is 22.5. The predicted molar refractivity (Wildman–Crippen MR) is 460 cm³/mol. The molecule has 3 aromatic carbocycles. The quantitative estimate of drug-likeness (QED) is 0.0108. The molecule has 7 saturated heterocycles. The van der Waals surface area contributed by atoms with Crippen molar-refractivity contribution in [2.45, 2.75) is 205 Å². The first-order valence-electron chi connectivity index (χ1n) is 41.1. The zero-order chi connectivity index (χ0) is 86.7. The number of alkyl halides is 2. The molecule has 16 atom stereocenters. The van der Waals surface area contributed by atoms with Gasteiger partial charge in [0.25, 0.3) is 11.8 Å². The van der Waals surface area contributed by atoms with Crippen molar-refractivity contribution >= 4 is 101 Å². The standard InChI is InChI=1S/C28H40N3O7.C25H33N4O7.C25H31N4O7.C4H7NO2.CH2Cl2.CH4.3CH3.3V/c1-3-8-22(24(26(33)34)38-27-18(4-2)11-7-14-36-27)30-25(32)21-15-29-16-23(21)37-28(35)31-13-12-19-9-5-6-10-20(19)17-31;2*1-3-6-18(21(30)23(32)29-14-19(29)24(33)35-2)27-22(31)17-11-26-12-20(17)36-25(34)28-10-9-15-7-4-5-8-16(15)13-28;1-7-4(6)3-2-5-3;2-1-3;;;;;;;/h5-6,9-10,18,21-24,27H,3-4,7-8,11-17H2,1-2H3,(H,30,32)(H,33,34);4-5,7-8,17-21,30H,3,6,9-14H2,1-2H3,(H,27,31);4-5,7-8,17-20H,3,6,9-14H2,1-2H3,(H,27,31);3,5H,2H2,1H3;1H2;1H4;3*1H3;;;/q3*-1;;;;3*-1;3*+2/t18?,21?,22-,23+,24?,27?;17?,18-,19?,20+,21?,29?;17?,18-,19?,20+,29?;;;;;;;;;/m111........./s1. The van der Waals surface area contributed by atoms with Gasteiger partial charge in [0, 0.05) is 58.3 Å². The number of benzene rings is 3. The molecule has 0 aromatic heterocycles. The minimum Gasteiger partial charge on any atom is -0.659 e. The number of methoxy groups -OCH3 is 3. The Labute approximate surface area is 792 Å². The Hall–Kier alpha value is -7.58. The number of hydrogen-bond acceptors (Lipinski definition) is 23. The number of aliphatic hydroxyl groups is 1. The van der Waals surface area contributed by atoms with Gasteiger partial charge in [-0.15, -0.1) is 62.5 Å². The summed E-state index contributed by atoms with van der Waals surface area (Å²) in [6, 6.07) is 19.8. The van der Waals surface area contributed by atoms with Crippen molar-refractivity contribution in [2.75, 3.05) is 112 Å². The molecule has 0 spiro atoms. The first kappa shape index (κ1) is 115. The molecule has 3 aromatic rings. The van der Waals surface area contributed by atoms with Gasteiger partial charge in [0.2, 0.25) is 23.5 Å². The summed E-state index contributed by atoms with van der Waals surface area (Å²) in [4.78, 5) is 169. The van der Waals surface area contributed by atoms with Crippen molar-refractivity contribution in [2.24, 2.45) is 23.7 Å². The van der Waals surface area contributed by atoms with E-state index in [1.165, 1.54) is 42.9 Å². The summed E-state index contributed by atoms with van der Waals surface area (Å²) in [7, 11) is 3.84. The van der Waals surface area contributed by atoms with Crippen LogP contribution in [0.3, 0.4) is 0 Å². The topological polar surface area (TPSA) is 452 Å². The number of rotatable bonds is 27. The van der Waals surface area contributed by atoms with Gasteiger partial charge < -0.3 is 132 Å². The van der Waals surface area contributed by atoms with Gasteiger partial charge in [-0.05, 0) is 91.2 Å². The maximum absolute atomic E-state index is 13.3. The van der Waals surface area contributed by atoms with Crippen molar-refractivity contribution < 1.29 is 166 Å². The number of hydrogen-bond donors (Lipinski definition) is 6. The number of carbonyl (C=O) groups excluding carboxylic acids is 12. The zero-order valence-corrected chi connectivity index (χ0v) is 79.0. The van der Waals surface area contributed by atoms with Crippen LogP contribution in [0, 0.1) is 46.0 Å². The van der Waals surface area contributed by atoms with E-state index in [2.05, 4.69) is 63.6 Å². The minimum atomic E-state index is -1.50. The predicted octanol–water partition coefficient (Wildman–Crippen LogP) is 7.38. The molecule has 10 aliphatic rings. The molecule has 6 N–H and O–H groups in total. The summed E-state index contributed by atoms with van der Waals surface area (Å²) in [5.74, 6) is -7.99. The maximum Gasteiger partial charge on any atom is 2.00 e. The van der Waals surface area contributed by atoms with E-state index in [1.807, 2.05) is 88.4 Å². The molecule has 0 bridgehead atoms. The van der Waals surface area contributed by atoms with Gasteiger partial charge in [0.1, 0.15) is 18.1 Å². The number of carbonyl (C=O) groups is 13. The number of nitrogens with one attached hydrogen (secondary N) is 4. The van der Waals surface area contributed by atoms with Crippen LogP contribution in [0.2, 0.25) is 0 Å². The van der Waals surface area contributed by atoms with E-state index in [9.17, 15) is 72.5 Å². The van der Waals surface area contributed by atoms with Crippen LogP contribution in [-0.4, -0.2) is 297 Å². The van der Waals surface area contributed by atoms with E-state index < -0.39 is 150 Å².